The average Bonchev–Trinajstić information content (AvgIpc) is 2.71. The molecule has 0 atom stereocenters. The van der Waals surface area contributed by atoms with Gasteiger partial charge in [-0.1, -0.05) is 25.0 Å². The lowest BCUT2D eigenvalue weighted by atomic mass is 9.69. The Morgan fingerprint density at radius 2 is 1.52 bits per heavy atom. The maximum absolute atomic E-state index is 13.9. The van der Waals surface area contributed by atoms with E-state index in [9.17, 15) is 8.78 Å². The van der Waals surface area contributed by atoms with E-state index in [1.165, 1.54) is 44.9 Å². The van der Waals surface area contributed by atoms with Crippen LogP contribution in [0.4, 0.5) is 8.78 Å². The lowest BCUT2D eigenvalue weighted by Gasteiger charge is -2.37. The van der Waals surface area contributed by atoms with Crippen LogP contribution in [-0.2, 0) is 0 Å². The van der Waals surface area contributed by atoms with Crippen molar-refractivity contribution in [3.05, 3.63) is 42.0 Å². The van der Waals surface area contributed by atoms with E-state index in [2.05, 4.69) is 6.58 Å². The molecule has 3 rings (SSSR count). The molecule has 150 valence electrons. The predicted molar refractivity (Wildman–Crippen MR) is 107 cm³/mol. The fourth-order valence-corrected chi connectivity index (χ4v) is 5.08. The minimum absolute atomic E-state index is 0.0538. The van der Waals surface area contributed by atoms with Crippen molar-refractivity contribution in [3.63, 3.8) is 0 Å². The highest BCUT2D eigenvalue weighted by Gasteiger charge is 2.31. The second kappa shape index (κ2) is 9.71. The highest BCUT2D eigenvalue weighted by molar-refractivity contribution is 5.30. The highest BCUT2D eigenvalue weighted by Crippen LogP contribution is 2.42. The van der Waals surface area contributed by atoms with Gasteiger partial charge in [0.2, 0.25) is 5.82 Å². The third kappa shape index (κ3) is 5.33. The number of ether oxygens (including phenoxy) is 1. The van der Waals surface area contributed by atoms with Gasteiger partial charge in [0.25, 0.3) is 0 Å². The second-order valence-electron chi connectivity index (χ2n) is 8.75. The number of rotatable bonds is 7. The minimum Gasteiger partial charge on any atom is -0.490 e. The molecular weight excluding hydrogens is 342 g/mol. The van der Waals surface area contributed by atoms with Crippen LogP contribution in [0.1, 0.15) is 69.8 Å². The van der Waals surface area contributed by atoms with Crippen LogP contribution in [0.15, 0.2) is 24.8 Å². The monoisotopic (exact) mass is 376 g/mol. The maximum Gasteiger partial charge on any atom is 0.200 e. The molecule has 0 heterocycles. The summed E-state index contributed by atoms with van der Waals surface area (Å²) < 4.78 is 33.2. The summed E-state index contributed by atoms with van der Waals surface area (Å²) in [4.78, 5) is 0. The van der Waals surface area contributed by atoms with Crippen LogP contribution in [-0.4, -0.2) is 6.61 Å². The molecule has 27 heavy (non-hydrogen) atoms. The summed E-state index contributed by atoms with van der Waals surface area (Å²) in [6.07, 6.45) is 14.9. The van der Waals surface area contributed by atoms with Crippen LogP contribution in [0.3, 0.4) is 0 Å². The zero-order valence-corrected chi connectivity index (χ0v) is 16.7. The molecule has 2 aliphatic rings. The van der Waals surface area contributed by atoms with Crippen molar-refractivity contribution in [1.29, 1.82) is 0 Å². The second-order valence-corrected chi connectivity index (χ2v) is 8.75. The van der Waals surface area contributed by atoms with E-state index in [0.717, 1.165) is 37.0 Å². The van der Waals surface area contributed by atoms with Crippen LogP contribution in [0.2, 0.25) is 0 Å². The van der Waals surface area contributed by atoms with Crippen molar-refractivity contribution >= 4 is 0 Å². The largest absolute Gasteiger partial charge is 0.490 e. The van der Waals surface area contributed by atoms with Gasteiger partial charge in [-0.15, -0.1) is 6.58 Å². The molecule has 0 amide bonds. The molecule has 3 heteroatoms. The van der Waals surface area contributed by atoms with Crippen molar-refractivity contribution in [2.75, 3.05) is 6.61 Å². The molecule has 0 N–H and O–H groups in total. The van der Waals surface area contributed by atoms with Crippen LogP contribution in [0.25, 0.3) is 0 Å². The Kier molecular flexibility index (Phi) is 7.32. The third-order valence-electron chi connectivity index (χ3n) is 6.94. The van der Waals surface area contributed by atoms with Gasteiger partial charge in [0, 0.05) is 0 Å². The minimum atomic E-state index is -0.850. The summed E-state index contributed by atoms with van der Waals surface area (Å²) in [6.45, 7) is 5.90. The lowest BCUT2D eigenvalue weighted by molar-refractivity contribution is 0.120. The molecule has 0 bridgehead atoms. The molecule has 1 aromatic carbocycles. The molecule has 0 radical (unpaired) electrons. The van der Waals surface area contributed by atoms with Crippen LogP contribution in [0, 0.1) is 42.2 Å². The average molecular weight is 377 g/mol. The number of hydrogen-bond donors (Lipinski definition) is 0. The number of benzene rings is 1. The first-order chi connectivity index (χ1) is 13.1. The summed E-state index contributed by atoms with van der Waals surface area (Å²) in [5.74, 6) is 1.54. The Bertz CT molecular complexity index is 611. The van der Waals surface area contributed by atoms with Gasteiger partial charge in [0.05, 0.1) is 6.61 Å². The van der Waals surface area contributed by atoms with Gasteiger partial charge in [-0.3, -0.25) is 0 Å². The quantitative estimate of drug-likeness (QED) is 0.456. The molecule has 0 unspecified atom stereocenters. The molecule has 0 aromatic heterocycles. The van der Waals surface area contributed by atoms with Gasteiger partial charge in [-0.05, 0) is 93.6 Å². The Hall–Kier alpha value is -1.38. The number of halogens is 2. The van der Waals surface area contributed by atoms with E-state index >= 15 is 0 Å². The zero-order valence-electron chi connectivity index (χ0n) is 16.7. The molecule has 1 aromatic rings. The third-order valence-corrected chi connectivity index (χ3v) is 6.94. The topological polar surface area (TPSA) is 9.23 Å². The molecule has 2 aliphatic carbocycles. The van der Waals surface area contributed by atoms with E-state index in [1.807, 2.05) is 6.08 Å². The zero-order chi connectivity index (χ0) is 19.2. The van der Waals surface area contributed by atoms with Gasteiger partial charge in [-0.25, -0.2) is 4.39 Å². The first-order valence-corrected chi connectivity index (χ1v) is 10.8. The standard InChI is InChI=1S/C24H34F2O/c1-3-4-5-18-7-11-20(12-8-18)21-13-9-19(10-14-21)16-27-22-15-6-17(2)23(25)24(22)26/h3,6,15,18-21H,1,4-5,7-14,16H2,2H3. The van der Waals surface area contributed by atoms with Gasteiger partial charge >= 0.3 is 0 Å². The van der Waals surface area contributed by atoms with E-state index in [0.29, 0.717) is 18.1 Å². The smallest absolute Gasteiger partial charge is 0.200 e. The van der Waals surface area contributed by atoms with Gasteiger partial charge in [0.1, 0.15) is 0 Å². The first-order valence-electron chi connectivity index (χ1n) is 10.8. The normalized spacial score (nSPS) is 28.7. The molecule has 1 nitrogen and oxygen atoms in total. The van der Waals surface area contributed by atoms with Crippen LogP contribution >= 0.6 is 0 Å². The maximum atomic E-state index is 13.9. The van der Waals surface area contributed by atoms with Gasteiger partial charge < -0.3 is 4.74 Å². The van der Waals surface area contributed by atoms with E-state index in [1.54, 1.807) is 19.1 Å². The number of aryl methyl sites for hydroxylation is 1. The Labute approximate surface area is 163 Å². The molecule has 0 saturated heterocycles. The SMILES string of the molecule is C=CCCC1CCC(C2CCC(COc3ccc(C)c(F)c3F)CC2)CC1. The summed E-state index contributed by atoms with van der Waals surface area (Å²) >= 11 is 0. The fourth-order valence-electron chi connectivity index (χ4n) is 5.08. The van der Waals surface area contributed by atoms with Crippen LogP contribution in [0.5, 0.6) is 5.75 Å². The molecule has 2 fully saturated rings. The van der Waals surface area contributed by atoms with E-state index in [4.69, 9.17) is 4.74 Å². The predicted octanol–water partition coefficient (Wildman–Crippen LogP) is 7.23. The Balaban J connectivity index is 1.39. The lowest BCUT2D eigenvalue weighted by Crippen LogP contribution is -2.27. The van der Waals surface area contributed by atoms with E-state index in [-0.39, 0.29) is 5.75 Å². The van der Waals surface area contributed by atoms with Crippen molar-refractivity contribution < 1.29 is 13.5 Å². The number of allylic oxidation sites excluding steroid dienone is 1. The first kappa shape index (κ1) is 20.4. The van der Waals surface area contributed by atoms with Gasteiger partial charge in [-0.2, -0.15) is 4.39 Å². The number of hydrogen-bond acceptors (Lipinski definition) is 1. The summed E-state index contributed by atoms with van der Waals surface area (Å²) in [6, 6.07) is 3.13. The highest BCUT2D eigenvalue weighted by atomic mass is 19.2. The summed E-state index contributed by atoms with van der Waals surface area (Å²) in [5.41, 5.74) is 0.319. The molecule has 0 aliphatic heterocycles. The Morgan fingerprint density at radius 1 is 0.926 bits per heavy atom. The van der Waals surface area contributed by atoms with Crippen molar-refractivity contribution in [1.82, 2.24) is 0 Å². The summed E-state index contributed by atoms with van der Waals surface area (Å²) in [5, 5.41) is 0. The molecule has 2 saturated carbocycles. The molecular formula is C24H34F2O. The fraction of sp³-hybridized carbons (Fsp3) is 0.667. The van der Waals surface area contributed by atoms with Gasteiger partial charge in [0.15, 0.2) is 11.6 Å². The van der Waals surface area contributed by atoms with Crippen LogP contribution < -0.4 is 4.74 Å². The molecule has 0 spiro atoms. The van der Waals surface area contributed by atoms with E-state index < -0.39 is 11.6 Å². The summed E-state index contributed by atoms with van der Waals surface area (Å²) in [7, 11) is 0. The van der Waals surface area contributed by atoms with Crippen molar-refractivity contribution in [2.45, 2.75) is 71.1 Å². The van der Waals surface area contributed by atoms with Crippen molar-refractivity contribution in [2.24, 2.45) is 23.7 Å². The van der Waals surface area contributed by atoms with Crippen molar-refractivity contribution in [3.8, 4) is 5.75 Å². The Morgan fingerprint density at radius 3 is 2.11 bits per heavy atom.